The van der Waals surface area contributed by atoms with Crippen LogP contribution in [0.3, 0.4) is 0 Å². The monoisotopic (exact) mass is 463 g/mol. The fourth-order valence-electron chi connectivity index (χ4n) is 3.35. The van der Waals surface area contributed by atoms with Crippen molar-refractivity contribution in [2.24, 2.45) is 10.8 Å². The van der Waals surface area contributed by atoms with E-state index in [1.165, 1.54) is 18.7 Å². The Morgan fingerprint density at radius 2 is 1.58 bits per heavy atom. The molecule has 0 aromatic rings. The van der Waals surface area contributed by atoms with Crippen LogP contribution in [-0.2, 0) is 19.1 Å². The molecule has 8 nitrogen and oxygen atoms in total. The molecule has 0 aliphatic carbocycles. The summed E-state index contributed by atoms with van der Waals surface area (Å²) < 4.78 is 5.29. The van der Waals surface area contributed by atoms with Gasteiger partial charge >= 0.3 is 5.97 Å². The molecule has 0 saturated heterocycles. The number of aliphatic hydroxyl groups is 3. The van der Waals surface area contributed by atoms with Crippen LogP contribution in [0.25, 0.3) is 0 Å². The van der Waals surface area contributed by atoms with Crippen molar-refractivity contribution < 1.29 is 34.4 Å². The number of ketones is 1. The summed E-state index contributed by atoms with van der Waals surface area (Å²) in [6.45, 7) is 11.6. The molecule has 31 heavy (non-hydrogen) atoms. The fraction of sp³-hybridized carbons (Fsp3) is 0.864. The molecule has 0 aliphatic rings. The first-order valence-electron chi connectivity index (χ1n) is 10.6. The molecule has 0 bridgehead atoms. The van der Waals surface area contributed by atoms with Crippen molar-refractivity contribution in [3.8, 4) is 0 Å². The molecule has 0 aromatic carbocycles. The Hall–Kier alpha value is -1.16. The van der Waals surface area contributed by atoms with Crippen LogP contribution in [-0.4, -0.2) is 75.4 Å². The minimum atomic E-state index is -0.966. The summed E-state index contributed by atoms with van der Waals surface area (Å²) in [6, 6.07) is 0. The van der Waals surface area contributed by atoms with Gasteiger partial charge in [-0.2, -0.15) is 11.8 Å². The maximum absolute atomic E-state index is 13.0. The quantitative estimate of drug-likeness (QED) is 0.270. The molecule has 9 heteroatoms. The van der Waals surface area contributed by atoms with Crippen LogP contribution in [0.15, 0.2) is 0 Å². The van der Waals surface area contributed by atoms with Crippen LogP contribution >= 0.6 is 11.8 Å². The zero-order valence-electron chi connectivity index (χ0n) is 20.0. The lowest BCUT2D eigenvalue weighted by Gasteiger charge is -2.37. The van der Waals surface area contributed by atoms with Gasteiger partial charge in [0, 0.05) is 28.9 Å². The Kier molecular flexibility index (Phi) is 12.3. The Balaban J connectivity index is 4.90. The Morgan fingerprint density at radius 1 is 1.03 bits per heavy atom. The molecule has 1 amide bonds. The van der Waals surface area contributed by atoms with Crippen molar-refractivity contribution in [2.45, 2.75) is 85.5 Å². The summed E-state index contributed by atoms with van der Waals surface area (Å²) in [5.74, 6) is -0.222. The summed E-state index contributed by atoms with van der Waals surface area (Å²) in [5, 5.41) is 31.0. The van der Waals surface area contributed by atoms with Crippen molar-refractivity contribution >= 4 is 29.4 Å². The average Bonchev–Trinajstić information content (AvgIpc) is 2.63. The lowest BCUT2D eigenvalue weighted by Crippen LogP contribution is -2.52. The average molecular weight is 464 g/mol. The lowest BCUT2D eigenvalue weighted by atomic mass is 9.71. The maximum atomic E-state index is 13.0. The van der Waals surface area contributed by atoms with Gasteiger partial charge in [-0.1, -0.05) is 13.8 Å². The van der Waals surface area contributed by atoms with Crippen LogP contribution in [0.1, 0.15) is 67.7 Å². The highest BCUT2D eigenvalue weighted by molar-refractivity contribution is 7.99. The lowest BCUT2D eigenvalue weighted by molar-refractivity contribution is -0.159. The van der Waals surface area contributed by atoms with Crippen molar-refractivity contribution in [2.75, 3.05) is 24.7 Å². The Bertz CT molecular complexity index is 609. The number of carbonyl (C=O) groups is 3. The molecule has 0 radical (unpaired) electrons. The molecule has 0 rings (SSSR count). The van der Waals surface area contributed by atoms with E-state index in [1.54, 1.807) is 34.6 Å². The SMILES string of the molecule is CCC(C)(CC(C)(C)C(=O)OCC(O)CSCC(O)CO)C(=O)NC(C)(C)CC(C)=O. The van der Waals surface area contributed by atoms with Gasteiger partial charge in [-0.3, -0.25) is 14.4 Å². The second-order valence-electron chi connectivity index (χ2n) is 9.82. The first kappa shape index (κ1) is 29.8. The summed E-state index contributed by atoms with van der Waals surface area (Å²) >= 11 is 1.25. The van der Waals surface area contributed by atoms with E-state index in [2.05, 4.69) is 5.32 Å². The minimum absolute atomic E-state index is 0.0185. The van der Waals surface area contributed by atoms with Crippen LogP contribution < -0.4 is 5.32 Å². The summed E-state index contributed by atoms with van der Waals surface area (Å²) in [7, 11) is 0. The molecule has 0 saturated carbocycles. The van der Waals surface area contributed by atoms with E-state index >= 15 is 0 Å². The number of thioether (sulfide) groups is 1. The maximum Gasteiger partial charge on any atom is 0.311 e. The van der Waals surface area contributed by atoms with Gasteiger partial charge in [0.1, 0.15) is 12.4 Å². The number of aliphatic hydroxyl groups excluding tert-OH is 3. The molecular formula is C22H41NO7S. The topological polar surface area (TPSA) is 133 Å². The van der Waals surface area contributed by atoms with Gasteiger partial charge in [0.25, 0.3) is 0 Å². The summed E-state index contributed by atoms with van der Waals surface area (Å²) in [5.41, 5.74) is -2.49. The Morgan fingerprint density at radius 3 is 2.06 bits per heavy atom. The number of carbonyl (C=O) groups excluding carboxylic acids is 3. The smallest absolute Gasteiger partial charge is 0.311 e. The van der Waals surface area contributed by atoms with Crippen LogP contribution in [0.4, 0.5) is 0 Å². The van der Waals surface area contributed by atoms with Gasteiger partial charge in [-0.25, -0.2) is 0 Å². The predicted molar refractivity (Wildman–Crippen MR) is 122 cm³/mol. The summed E-state index contributed by atoms with van der Waals surface area (Å²) in [4.78, 5) is 37.1. The highest BCUT2D eigenvalue weighted by atomic mass is 32.2. The van der Waals surface area contributed by atoms with E-state index in [0.717, 1.165) is 0 Å². The predicted octanol–water partition coefficient (Wildman–Crippen LogP) is 1.68. The van der Waals surface area contributed by atoms with Crippen molar-refractivity contribution in [3.05, 3.63) is 0 Å². The van der Waals surface area contributed by atoms with Crippen molar-refractivity contribution in [1.82, 2.24) is 5.32 Å². The number of hydrogen-bond acceptors (Lipinski definition) is 8. The fourth-order valence-corrected chi connectivity index (χ4v) is 4.23. The number of Topliss-reactive ketones (excluding diaryl/α,β-unsaturated/α-hetero) is 1. The third-order valence-electron chi connectivity index (χ3n) is 5.09. The first-order valence-corrected chi connectivity index (χ1v) is 11.8. The van der Waals surface area contributed by atoms with E-state index in [-0.39, 0.29) is 49.3 Å². The Labute approximate surface area is 190 Å². The minimum Gasteiger partial charge on any atom is -0.462 e. The molecule has 0 aromatic heterocycles. The van der Waals surface area contributed by atoms with Crippen LogP contribution in [0, 0.1) is 10.8 Å². The van der Waals surface area contributed by atoms with Gasteiger partial charge in [0.15, 0.2) is 0 Å². The van der Waals surface area contributed by atoms with Gasteiger partial charge in [0.2, 0.25) is 5.91 Å². The molecule has 3 unspecified atom stereocenters. The molecule has 0 heterocycles. The van der Waals surface area contributed by atoms with E-state index < -0.39 is 34.5 Å². The van der Waals surface area contributed by atoms with Gasteiger partial charge in [-0.15, -0.1) is 0 Å². The van der Waals surface area contributed by atoms with Gasteiger partial charge < -0.3 is 25.4 Å². The second-order valence-corrected chi connectivity index (χ2v) is 10.9. The third kappa shape index (κ3) is 11.3. The van der Waals surface area contributed by atoms with E-state index in [1.807, 2.05) is 6.92 Å². The number of amides is 1. The van der Waals surface area contributed by atoms with E-state index in [0.29, 0.717) is 6.42 Å². The summed E-state index contributed by atoms with van der Waals surface area (Å²) in [6.07, 6.45) is -0.793. The number of ether oxygens (including phenoxy) is 1. The molecule has 0 fully saturated rings. The molecular weight excluding hydrogens is 422 g/mol. The number of hydrogen-bond donors (Lipinski definition) is 4. The first-order chi connectivity index (χ1) is 14.1. The molecule has 4 N–H and O–H groups in total. The van der Waals surface area contributed by atoms with Crippen LogP contribution in [0.2, 0.25) is 0 Å². The van der Waals surface area contributed by atoms with Gasteiger partial charge in [0.05, 0.1) is 24.2 Å². The molecule has 0 spiro atoms. The van der Waals surface area contributed by atoms with Crippen LogP contribution in [0.5, 0.6) is 0 Å². The zero-order valence-corrected chi connectivity index (χ0v) is 20.8. The third-order valence-corrected chi connectivity index (χ3v) is 6.33. The normalized spacial score (nSPS) is 16.2. The number of esters is 1. The van der Waals surface area contributed by atoms with E-state index in [9.17, 15) is 24.6 Å². The zero-order chi connectivity index (χ0) is 24.5. The molecule has 0 aliphatic heterocycles. The highest BCUT2D eigenvalue weighted by Crippen LogP contribution is 2.38. The largest absolute Gasteiger partial charge is 0.462 e. The van der Waals surface area contributed by atoms with Crippen molar-refractivity contribution in [1.29, 1.82) is 0 Å². The number of nitrogens with one attached hydrogen (secondary N) is 1. The van der Waals surface area contributed by atoms with Crippen molar-refractivity contribution in [3.63, 3.8) is 0 Å². The number of rotatable bonds is 15. The standard InChI is InChI=1S/C22H41NO7S/c1-8-22(7,18(28)23-21(5,6)9-15(2)25)14-20(3,4)19(29)30-11-17(27)13-31-12-16(26)10-24/h16-17,24,26-27H,8-14H2,1-7H3,(H,23,28). The molecule has 3 atom stereocenters. The highest BCUT2D eigenvalue weighted by Gasteiger charge is 2.43. The van der Waals surface area contributed by atoms with Gasteiger partial charge in [-0.05, 0) is 47.5 Å². The molecule has 182 valence electrons. The second kappa shape index (κ2) is 12.8. The van der Waals surface area contributed by atoms with E-state index in [4.69, 9.17) is 9.84 Å².